The minimum atomic E-state index is -0.139. The van der Waals surface area contributed by atoms with Gasteiger partial charge in [-0.25, -0.2) is 9.97 Å². The van der Waals surface area contributed by atoms with Crippen LogP contribution in [0.15, 0.2) is 24.3 Å². The summed E-state index contributed by atoms with van der Waals surface area (Å²) >= 11 is 0. The molecule has 2 aliphatic heterocycles. The summed E-state index contributed by atoms with van der Waals surface area (Å²) in [5.74, 6) is 1.35. The number of nitrogens with one attached hydrogen (secondary N) is 2. The Balaban J connectivity index is 1.49. The van der Waals surface area contributed by atoms with E-state index in [2.05, 4.69) is 20.6 Å². The Labute approximate surface area is 151 Å². The second kappa shape index (κ2) is 6.74. The summed E-state index contributed by atoms with van der Waals surface area (Å²) in [4.78, 5) is 34.4. The van der Waals surface area contributed by atoms with E-state index >= 15 is 0 Å². The fourth-order valence-corrected chi connectivity index (χ4v) is 3.45. The van der Waals surface area contributed by atoms with E-state index in [1.165, 1.54) is 0 Å². The average molecular weight is 351 g/mol. The molecule has 2 N–H and O–H groups in total. The van der Waals surface area contributed by atoms with E-state index in [1.807, 2.05) is 29.2 Å². The van der Waals surface area contributed by atoms with E-state index in [9.17, 15) is 9.59 Å². The van der Waals surface area contributed by atoms with Crippen LogP contribution in [0.5, 0.6) is 0 Å². The van der Waals surface area contributed by atoms with E-state index in [1.54, 1.807) is 6.92 Å². The maximum Gasteiger partial charge on any atom is 0.270 e. The quantitative estimate of drug-likeness (QED) is 0.877. The van der Waals surface area contributed by atoms with Gasteiger partial charge in [0.2, 0.25) is 5.91 Å². The lowest BCUT2D eigenvalue weighted by Crippen LogP contribution is -2.34. The normalized spacial score (nSPS) is 16.4. The summed E-state index contributed by atoms with van der Waals surface area (Å²) in [5, 5.41) is 6.15. The minimum absolute atomic E-state index is 0.139. The molecule has 0 unspecified atom stereocenters. The Morgan fingerprint density at radius 3 is 2.69 bits per heavy atom. The Morgan fingerprint density at radius 2 is 1.96 bits per heavy atom. The first-order valence-corrected chi connectivity index (χ1v) is 8.91. The highest BCUT2D eigenvalue weighted by molar-refractivity contribution is 5.96. The number of rotatable bonds is 4. The van der Waals surface area contributed by atoms with Gasteiger partial charge in [0, 0.05) is 37.3 Å². The molecule has 1 aromatic heterocycles. The highest BCUT2D eigenvalue weighted by atomic mass is 16.2. The maximum atomic E-state index is 12.0. The lowest BCUT2D eigenvalue weighted by molar-refractivity contribution is -0.117. The predicted octanol–water partition coefficient (Wildman–Crippen LogP) is 1.81. The molecule has 0 bridgehead atoms. The second-order valence-electron chi connectivity index (χ2n) is 6.62. The first-order chi connectivity index (χ1) is 12.6. The van der Waals surface area contributed by atoms with Gasteiger partial charge < -0.3 is 15.5 Å². The Morgan fingerprint density at radius 1 is 1.15 bits per heavy atom. The zero-order chi connectivity index (χ0) is 18.1. The molecule has 1 aromatic carbocycles. The van der Waals surface area contributed by atoms with E-state index in [0.29, 0.717) is 31.0 Å². The molecule has 0 saturated carbocycles. The zero-order valence-electron chi connectivity index (χ0n) is 14.7. The van der Waals surface area contributed by atoms with Gasteiger partial charge >= 0.3 is 0 Å². The Bertz CT molecular complexity index is 863. The fraction of sp³-hybridized carbons (Fsp3) is 0.368. The van der Waals surface area contributed by atoms with Crippen LogP contribution >= 0.6 is 0 Å². The predicted molar refractivity (Wildman–Crippen MR) is 98.2 cm³/mol. The molecule has 26 heavy (non-hydrogen) atoms. The number of anilines is 2. The molecule has 2 amide bonds. The van der Waals surface area contributed by atoms with Crippen molar-refractivity contribution in [3.05, 3.63) is 46.9 Å². The molecule has 1 fully saturated rings. The molecule has 0 atom stereocenters. The van der Waals surface area contributed by atoms with Gasteiger partial charge in [-0.3, -0.25) is 9.59 Å². The summed E-state index contributed by atoms with van der Waals surface area (Å²) in [7, 11) is 0. The third-order valence-electron chi connectivity index (χ3n) is 4.78. The number of aryl methyl sites for hydroxylation is 1. The minimum Gasteiger partial charge on any atom is -0.366 e. The molecule has 0 aliphatic carbocycles. The number of benzene rings is 1. The molecule has 2 aromatic rings. The molecule has 7 heteroatoms. The van der Waals surface area contributed by atoms with Crippen LogP contribution in [-0.4, -0.2) is 34.9 Å². The van der Waals surface area contributed by atoms with Crippen LogP contribution < -0.4 is 15.5 Å². The van der Waals surface area contributed by atoms with E-state index in [4.69, 9.17) is 0 Å². The Hall–Kier alpha value is -2.96. The Kier molecular flexibility index (Phi) is 4.28. The van der Waals surface area contributed by atoms with Gasteiger partial charge in [-0.15, -0.1) is 0 Å². The lowest BCUT2D eigenvalue weighted by Gasteiger charge is -2.20. The van der Waals surface area contributed by atoms with Crippen molar-refractivity contribution in [3.63, 3.8) is 0 Å². The molecule has 2 aliphatic rings. The number of carbonyl (C=O) groups is 2. The summed E-state index contributed by atoms with van der Waals surface area (Å²) in [5.41, 5.74) is 3.38. The summed E-state index contributed by atoms with van der Waals surface area (Å²) in [6, 6.07) is 7.99. The van der Waals surface area contributed by atoms with Gasteiger partial charge in [0.15, 0.2) is 0 Å². The fourth-order valence-electron chi connectivity index (χ4n) is 3.45. The second-order valence-corrected chi connectivity index (χ2v) is 6.62. The van der Waals surface area contributed by atoms with E-state index in [0.717, 1.165) is 42.0 Å². The number of fused-ring (bicyclic) bond motifs is 1. The lowest BCUT2D eigenvalue weighted by atomic mass is 10.1. The number of hydrogen-bond donors (Lipinski definition) is 2. The highest BCUT2D eigenvalue weighted by Crippen LogP contribution is 2.23. The first kappa shape index (κ1) is 16.5. The van der Waals surface area contributed by atoms with Crippen molar-refractivity contribution in [2.75, 3.05) is 23.3 Å². The van der Waals surface area contributed by atoms with E-state index < -0.39 is 0 Å². The zero-order valence-corrected chi connectivity index (χ0v) is 14.7. The van der Waals surface area contributed by atoms with Gasteiger partial charge in [0.25, 0.3) is 5.91 Å². The van der Waals surface area contributed by atoms with Gasteiger partial charge in [0.05, 0.1) is 0 Å². The number of aromatic nitrogens is 2. The van der Waals surface area contributed by atoms with Crippen LogP contribution in [0, 0.1) is 6.92 Å². The van der Waals surface area contributed by atoms with Crippen LogP contribution in [0.2, 0.25) is 0 Å². The number of hydrogen-bond acceptors (Lipinski definition) is 5. The van der Waals surface area contributed by atoms with Crippen LogP contribution in [0.3, 0.4) is 0 Å². The van der Waals surface area contributed by atoms with Gasteiger partial charge in [0.1, 0.15) is 17.3 Å². The van der Waals surface area contributed by atoms with Crippen LogP contribution in [0.4, 0.5) is 11.5 Å². The molecular weight excluding hydrogens is 330 g/mol. The standard InChI is InChI=1S/C19H21N5O2/c1-12-22-17-15(8-9-20-19(17)26)18(23-12)21-11-13-4-6-14(7-5-13)24-10-2-3-16(24)25/h4-7H,2-3,8-11H2,1H3,(H,20,26)(H,21,22,23). The van der Waals surface area contributed by atoms with Crippen LogP contribution in [0.1, 0.15) is 40.3 Å². The average Bonchev–Trinajstić information content (AvgIpc) is 3.07. The van der Waals surface area contributed by atoms with Crippen LogP contribution in [-0.2, 0) is 17.8 Å². The molecule has 3 heterocycles. The summed E-state index contributed by atoms with van der Waals surface area (Å²) in [6.45, 7) is 3.78. The third-order valence-corrected chi connectivity index (χ3v) is 4.78. The van der Waals surface area contributed by atoms with Crippen molar-refractivity contribution >= 4 is 23.3 Å². The molecule has 134 valence electrons. The van der Waals surface area contributed by atoms with Crippen molar-refractivity contribution in [1.82, 2.24) is 15.3 Å². The highest BCUT2D eigenvalue weighted by Gasteiger charge is 2.23. The summed E-state index contributed by atoms with van der Waals surface area (Å²) < 4.78 is 0. The van der Waals surface area contributed by atoms with Crippen molar-refractivity contribution in [2.45, 2.75) is 32.7 Å². The SMILES string of the molecule is Cc1nc(NCc2ccc(N3CCCC3=O)cc2)c2c(n1)C(=O)NCC2. The third kappa shape index (κ3) is 3.12. The van der Waals surface area contributed by atoms with Crippen LogP contribution in [0.25, 0.3) is 0 Å². The maximum absolute atomic E-state index is 12.0. The van der Waals surface area contributed by atoms with E-state index in [-0.39, 0.29) is 11.8 Å². The number of amides is 2. The number of nitrogens with zero attached hydrogens (tertiary/aromatic N) is 3. The molecule has 0 radical (unpaired) electrons. The smallest absolute Gasteiger partial charge is 0.270 e. The molecule has 0 spiro atoms. The van der Waals surface area contributed by atoms with Gasteiger partial charge in [-0.05, 0) is 37.5 Å². The van der Waals surface area contributed by atoms with Gasteiger partial charge in [-0.1, -0.05) is 12.1 Å². The molecule has 7 nitrogen and oxygen atoms in total. The topological polar surface area (TPSA) is 87.2 Å². The first-order valence-electron chi connectivity index (χ1n) is 8.91. The molecule has 4 rings (SSSR count). The largest absolute Gasteiger partial charge is 0.366 e. The summed E-state index contributed by atoms with van der Waals surface area (Å²) in [6.07, 6.45) is 2.28. The van der Waals surface area contributed by atoms with Crippen molar-refractivity contribution in [1.29, 1.82) is 0 Å². The molecular formula is C19H21N5O2. The van der Waals surface area contributed by atoms with Crippen molar-refractivity contribution in [2.24, 2.45) is 0 Å². The van der Waals surface area contributed by atoms with Gasteiger partial charge in [-0.2, -0.15) is 0 Å². The monoisotopic (exact) mass is 351 g/mol. The van der Waals surface area contributed by atoms with Crippen molar-refractivity contribution in [3.8, 4) is 0 Å². The molecule has 1 saturated heterocycles. The number of carbonyl (C=O) groups excluding carboxylic acids is 2. The van der Waals surface area contributed by atoms with Crippen molar-refractivity contribution < 1.29 is 9.59 Å².